The summed E-state index contributed by atoms with van der Waals surface area (Å²) in [6.07, 6.45) is 1.72. The van der Waals surface area contributed by atoms with Gasteiger partial charge in [0.25, 0.3) is 0 Å². The number of fused-ring (bicyclic) bond motifs is 1. The van der Waals surface area contributed by atoms with Gasteiger partial charge in [-0.05, 0) is 18.6 Å². The normalized spacial score (nSPS) is 26.0. The molecule has 0 saturated carbocycles. The van der Waals surface area contributed by atoms with Gasteiger partial charge in [-0.3, -0.25) is 9.59 Å². The molecule has 122 valence electrons. The highest BCUT2D eigenvalue weighted by Gasteiger charge is 2.57. The number of ketones is 2. The van der Waals surface area contributed by atoms with Gasteiger partial charge in [0.05, 0.1) is 14.2 Å². The Kier molecular flexibility index (Phi) is 3.64. The van der Waals surface area contributed by atoms with Crippen LogP contribution in [0, 0.1) is 5.92 Å². The van der Waals surface area contributed by atoms with E-state index in [4.69, 9.17) is 25.8 Å². The van der Waals surface area contributed by atoms with Gasteiger partial charge in [-0.2, -0.15) is 0 Å². The van der Waals surface area contributed by atoms with Crippen LogP contribution in [0.4, 0.5) is 0 Å². The zero-order valence-corrected chi connectivity index (χ0v) is 14.1. The van der Waals surface area contributed by atoms with E-state index >= 15 is 0 Å². The number of rotatable bonds is 2. The summed E-state index contributed by atoms with van der Waals surface area (Å²) in [6.45, 7) is 3.56. The molecule has 6 heteroatoms. The minimum absolute atomic E-state index is 0.0105. The van der Waals surface area contributed by atoms with Crippen molar-refractivity contribution in [2.24, 2.45) is 5.92 Å². The van der Waals surface area contributed by atoms with E-state index in [2.05, 4.69) is 0 Å². The molecule has 2 atom stereocenters. The lowest BCUT2D eigenvalue weighted by Crippen LogP contribution is -2.50. The summed E-state index contributed by atoms with van der Waals surface area (Å²) in [4.78, 5) is 25.0. The van der Waals surface area contributed by atoms with Gasteiger partial charge >= 0.3 is 0 Å². The van der Waals surface area contributed by atoms with Crippen molar-refractivity contribution in [2.75, 3.05) is 14.2 Å². The zero-order valence-electron chi connectivity index (χ0n) is 13.4. The molecule has 0 saturated heterocycles. The summed E-state index contributed by atoms with van der Waals surface area (Å²) in [7, 11) is 2.95. The van der Waals surface area contributed by atoms with Crippen LogP contribution in [0.25, 0.3) is 0 Å². The van der Waals surface area contributed by atoms with Gasteiger partial charge in [-0.25, -0.2) is 0 Å². The molecular formula is C17H17ClO5. The van der Waals surface area contributed by atoms with E-state index in [1.807, 2.05) is 6.92 Å². The van der Waals surface area contributed by atoms with Crippen molar-refractivity contribution >= 4 is 23.2 Å². The molecule has 0 N–H and O–H groups in total. The monoisotopic (exact) mass is 336 g/mol. The average molecular weight is 337 g/mol. The second-order valence-electron chi connectivity index (χ2n) is 5.86. The maximum atomic E-state index is 13.2. The van der Waals surface area contributed by atoms with E-state index in [0.717, 1.165) is 0 Å². The molecule has 23 heavy (non-hydrogen) atoms. The summed E-state index contributed by atoms with van der Waals surface area (Å²) in [5, 5.41) is 0.227. The quantitative estimate of drug-likeness (QED) is 0.829. The Hall–Kier alpha value is -2.01. The number of hydrogen-bond donors (Lipinski definition) is 0. The number of carbonyl (C=O) groups is 2. The largest absolute Gasteiger partial charge is 0.496 e. The van der Waals surface area contributed by atoms with E-state index in [1.165, 1.54) is 20.3 Å². The van der Waals surface area contributed by atoms with Crippen LogP contribution < -0.4 is 14.2 Å². The Morgan fingerprint density at radius 2 is 1.91 bits per heavy atom. The standard InChI is InChI=1S/C17H17ClO5/c1-8-5-10(19)6-9(2)17(8)16(20)13-11(21-3)7-12(22-4)14(18)15(13)23-17/h5,7,9H,6H2,1-4H3/t9-,17-/m1/s1. The Balaban J connectivity index is 2.25. The number of allylic oxidation sites excluding steroid dienone is 1. The Labute approximate surface area is 139 Å². The average Bonchev–Trinajstić information content (AvgIpc) is 2.82. The maximum absolute atomic E-state index is 13.2. The third kappa shape index (κ3) is 1.99. The molecule has 1 aromatic rings. The Morgan fingerprint density at radius 3 is 2.48 bits per heavy atom. The summed E-state index contributed by atoms with van der Waals surface area (Å²) in [5.74, 6) is 0.424. The van der Waals surface area contributed by atoms with Gasteiger partial charge in [-0.1, -0.05) is 18.5 Å². The highest BCUT2D eigenvalue weighted by Crippen LogP contribution is 2.54. The van der Waals surface area contributed by atoms with E-state index in [-0.39, 0.29) is 34.7 Å². The number of Topliss-reactive ketones (excluding diaryl/α,β-unsaturated/α-hetero) is 1. The van der Waals surface area contributed by atoms with Gasteiger partial charge in [0.15, 0.2) is 17.1 Å². The first kappa shape index (κ1) is 15.9. The fourth-order valence-electron chi connectivity index (χ4n) is 3.43. The maximum Gasteiger partial charge on any atom is 0.218 e. The van der Waals surface area contributed by atoms with Crippen molar-refractivity contribution in [3.05, 3.63) is 28.3 Å². The van der Waals surface area contributed by atoms with Crippen molar-refractivity contribution in [3.8, 4) is 17.2 Å². The summed E-state index contributed by atoms with van der Waals surface area (Å²) in [5.41, 5.74) is -0.328. The Morgan fingerprint density at radius 1 is 1.26 bits per heavy atom. The van der Waals surface area contributed by atoms with Crippen LogP contribution in [-0.2, 0) is 4.79 Å². The molecule has 1 aliphatic heterocycles. The van der Waals surface area contributed by atoms with Crippen molar-refractivity contribution in [1.82, 2.24) is 0 Å². The lowest BCUT2D eigenvalue weighted by molar-refractivity contribution is -0.117. The first-order valence-electron chi connectivity index (χ1n) is 7.26. The lowest BCUT2D eigenvalue weighted by Gasteiger charge is -2.36. The van der Waals surface area contributed by atoms with Crippen LogP contribution >= 0.6 is 11.6 Å². The SMILES string of the molecule is COc1cc(OC)c2c(c1Cl)O[C@]1(C2=O)C(C)=CC(=O)C[C@H]1C. The fraction of sp³-hybridized carbons (Fsp3) is 0.412. The molecule has 3 rings (SSSR count). The van der Waals surface area contributed by atoms with Crippen molar-refractivity contribution < 1.29 is 23.8 Å². The van der Waals surface area contributed by atoms with Crippen LogP contribution in [0.3, 0.4) is 0 Å². The highest BCUT2D eigenvalue weighted by molar-refractivity contribution is 6.35. The predicted molar refractivity (Wildman–Crippen MR) is 84.8 cm³/mol. The van der Waals surface area contributed by atoms with Gasteiger partial charge in [0.2, 0.25) is 5.78 Å². The van der Waals surface area contributed by atoms with Crippen LogP contribution in [0.15, 0.2) is 17.7 Å². The number of halogens is 1. The fourth-order valence-corrected chi connectivity index (χ4v) is 3.69. The molecular weight excluding hydrogens is 320 g/mol. The number of hydrogen-bond acceptors (Lipinski definition) is 5. The highest BCUT2D eigenvalue weighted by atomic mass is 35.5. The molecule has 0 amide bonds. The number of benzene rings is 1. The lowest BCUT2D eigenvalue weighted by atomic mass is 9.72. The zero-order chi connectivity index (χ0) is 16.9. The van der Waals surface area contributed by atoms with Crippen LogP contribution in [-0.4, -0.2) is 31.4 Å². The molecule has 0 bridgehead atoms. The van der Waals surface area contributed by atoms with Crippen molar-refractivity contribution in [2.45, 2.75) is 25.9 Å². The minimum atomic E-state index is -1.21. The van der Waals surface area contributed by atoms with Gasteiger partial charge < -0.3 is 14.2 Å². The van der Waals surface area contributed by atoms with Crippen LogP contribution in [0.1, 0.15) is 30.6 Å². The van der Waals surface area contributed by atoms with Crippen LogP contribution in [0.2, 0.25) is 5.02 Å². The molecule has 5 nitrogen and oxygen atoms in total. The molecule has 0 unspecified atom stereocenters. The van der Waals surface area contributed by atoms with E-state index in [9.17, 15) is 9.59 Å². The molecule has 1 spiro atoms. The molecule has 0 radical (unpaired) electrons. The summed E-state index contributed by atoms with van der Waals surface area (Å²) in [6, 6.07) is 1.57. The summed E-state index contributed by atoms with van der Waals surface area (Å²) >= 11 is 6.33. The van der Waals surface area contributed by atoms with Gasteiger partial charge in [0, 0.05) is 18.4 Å². The number of ether oxygens (including phenoxy) is 3. The predicted octanol–water partition coefficient (Wildman–Crippen LogP) is 3.23. The third-order valence-corrected chi connectivity index (χ3v) is 4.94. The summed E-state index contributed by atoms with van der Waals surface area (Å²) < 4.78 is 16.6. The Bertz CT molecular complexity index is 752. The topological polar surface area (TPSA) is 61.8 Å². The first-order valence-corrected chi connectivity index (χ1v) is 7.64. The van der Waals surface area contributed by atoms with E-state index in [0.29, 0.717) is 22.6 Å². The first-order chi connectivity index (χ1) is 10.9. The van der Waals surface area contributed by atoms with Crippen molar-refractivity contribution in [1.29, 1.82) is 0 Å². The minimum Gasteiger partial charge on any atom is -0.496 e. The van der Waals surface area contributed by atoms with E-state index < -0.39 is 5.60 Å². The van der Waals surface area contributed by atoms with Crippen LogP contribution in [0.5, 0.6) is 17.2 Å². The molecule has 0 fully saturated rings. The number of methoxy groups -OCH3 is 2. The molecule has 2 aliphatic rings. The molecule has 0 aromatic heterocycles. The molecule has 1 aromatic carbocycles. The number of carbonyl (C=O) groups excluding carboxylic acids is 2. The second kappa shape index (κ2) is 5.27. The van der Waals surface area contributed by atoms with E-state index in [1.54, 1.807) is 13.0 Å². The molecule has 1 aliphatic carbocycles. The van der Waals surface area contributed by atoms with Gasteiger partial charge in [0.1, 0.15) is 22.1 Å². The van der Waals surface area contributed by atoms with Gasteiger partial charge in [-0.15, -0.1) is 0 Å². The van der Waals surface area contributed by atoms with Crippen molar-refractivity contribution in [3.63, 3.8) is 0 Å². The second-order valence-corrected chi connectivity index (χ2v) is 6.24. The molecule has 1 heterocycles. The third-order valence-electron chi connectivity index (χ3n) is 4.58. The smallest absolute Gasteiger partial charge is 0.218 e.